The van der Waals surface area contributed by atoms with Gasteiger partial charge in [-0.3, -0.25) is 4.40 Å². The summed E-state index contributed by atoms with van der Waals surface area (Å²) in [5.74, 6) is -0.763. The minimum atomic E-state index is -2.65. The van der Waals surface area contributed by atoms with E-state index in [1.165, 1.54) is 36.5 Å². The first kappa shape index (κ1) is 32.3. The third kappa shape index (κ3) is 5.12. The third-order valence-electron chi connectivity index (χ3n) is 13.5. The van der Waals surface area contributed by atoms with Gasteiger partial charge in [-0.1, -0.05) is 167 Å². The fraction of sp³-hybridized carbons (Fsp3) is 0.275. The number of hydrogen-bond donors (Lipinski definition) is 0. The molecule has 11 rings (SSSR count). The van der Waals surface area contributed by atoms with E-state index < -0.39 is 19.9 Å². The Morgan fingerprint density at radius 1 is 0.696 bits per heavy atom. The molecule has 278 valence electrons. The number of benzene rings is 6. The van der Waals surface area contributed by atoms with Crippen molar-refractivity contribution in [3.63, 3.8) is 0 Å². The monoisotopic (exact) mass is 766 g/mol. The molecule has 6 aromatic carbocycles. The highest BCUT2D eigenvalue weighted by Gasteiger charge is 2.41. The standard InChI is InChI=1S/C51H48N2OSSi/c1-51(2)40-25-11-12-28-44(40)55-49-41(51)26-15-29-45(49)56(3,36-21-5-4-6-22-36)37-23-13-20-35(32-37)46-38(33-16-7-8-17-33)30-31-42-47(46)52-50-53(42)43-27-14-24-39(48(43)54-50)34-18-9-10-19-34/h4-6,11-15,20-34H,7-10,16-19H2,1-3H3/i33D,34D. The molecule has 8 aromatic rings. The molecule has 0 bridgehead atoms. The zero-order chi connectivity index (χ0) is 39.4. The number of oxazole rings is 1. The molecule has 56 heavy (non-hydrogen) atoms. The molecule has 0 N–H and O–H groups in total. The first-order valence-corrected chi connectivity index (χ1v) is 23.9. The van der Waals surface area contributed by atoms with Crippen LogP contribution in [0.2, 0.25) is 6.55 Å². The van der Waals surface area contributed by atoms with Gasteiger partial charge in [0, 0.05) is 29.1 Å². The molecule has 3 nitrogen and oxygen atoms in total. The van der Waals surface area contributed by atoms with E-state index in [9.17, 15) is 2.74 Å². The predicted molar refractivity (Wildman–Crippen MR) is 236 cm³/mol. The maximum absolute atomic E-state index is 9.93. The van der Waals surface area contributed by atoms with E-state index >= 15 is 0 Å². The Hall–Kier alpha value is -4.84. The Kier molecular flexibility index (Phi) is 7.55. The molecule has 3 aliphatic rings. The Balaban J connectivity index is 1.14. The molecule has 2 aromatic heterocycles. The minimum Gasteiger partial charge on any atom is -0.423 e. The zero-order valence-corrected chi connectivity index (χ0v) is 34.3. The zero-order valence-electron chi connectivity index (χ0n) is 34.5. The average molecular weight is 767 g/mol. The summed E-state index contributed by atoms with van der Waals surface area (Å²) in [4.78, 5) is 8.07. The lowest BCUT2D eigenvalue weighted by molar-refractivity contribution is 0.608. The molecule has 5 heteroatoms. The Morgan fingerprint density at radius 2 is 1.38 bits per heavy atom. The van der Waals surface area contributed by atoms with Gasteiger partial charge in [-0.2, -0.15) is 4.98 Å². The number of imidazole rings is 1. The predicted octanol–water partition coefficient (Wildman–Crippen LogP) is 12.1. The highest BCUT2D eigenvalue weighted by Crippen LogP contribution is 2.49. The number of fused-ring (bicyclic) bond motifs is 7. The van der Waals surface area contributed by atoms with Crippen LogP contribution in [0.15, 0.2) is 142 Å². The summed E-state index contributed by atoms with van der Waals surface area (Å²) in [6.07, 6.45) is 7.66. The van der Waals surface area contributed by atoms with E-state index in [2.05, 4.69) is 152 Å². The van der Waals surface area contributed by atoms with Crippen LogP contribution >= 0.6 is 11.8 Å². The summed E-state index contributed by atoms with van der Waals surface area (Å²) in [5, 5.41) is 4.15. The molecule has 1 unspecified atom stereocenters. The molecule has 1 atom stereocenters. The molecule has 0 saturated heterocycles. The van der Waals surface area contributed by atoms with Gasteiger partial charge in [-0.05, 0) is 93.5 Å². The van der Waals surface area contributed by atoms with Crippen molar-refractivity contribution in [2.75, 3.05) is 0 Å². The lowest BCUT2D eigenvalue weighted by Gasteiger charge is -2.39. The molecule has 0 spiro atoms. The van der Waals surface area contributed by atoms with E-state index in [-0.39, 0.29) is 5.41 Å². The largest absolute Gasteiger partial charge is 0.423 e. The van der Waals surface area contributed by atoms with E-state index in [0.29, 0.717) is 5.84 Å². The van der Waals surface area contributed by atoms with Gasteiger partial charge < -0.3 is 4.42 Å². The number of aromatic nitrogens is 2. The van der Waals surface area contributed by atoms with Crippen LogP contribution in [-0.4, -0.2) is 17.5 Å². The van der Waals surface area contributed by atoms with Crippen molar-refractivity contribution < 1.29 is 7.16 Å². The first-order chi connectivity index (χ1) is 28.1. The summed E-state index contributed by atoms with van der Waals surface area (Å²) < 4.78 is 28.2. The molecule has 2 aliphatic carbocycles. The van der Waals surface area contributed by atoms with Gasteiger partial charge in [0.1, 0.15) is 13.6 Å². The summed E-state index contributed by atoms with van der Waals surface area (Å²) in [6, 6.07) is 47.1. The van der Waals surface area contributed by atoms with Crippen molar-refractivity contribution >= 4 is 63.4 Å². The Labute approximate surface area is 338 Å². The molecule has 3 heterocycles. The van der Waals surface area contributed by atoms with Crippen molar-refractivity contribution in [1.29, 1.82) is 0 Å². The fourth-order valence-electron chi connectivity index (χ4n) is 10.4. The lowest BCUT2D eigenvalue weighted by atomic mass is 9.78. The van der Waals surface area contributed by atoms with E-state index in [1.54, 1.807) is 0 Å². The number of hydrogen-bond acceptors (Lipinski definition) is 3. The molecule has 0 amide bonds. The Bertz CT molecular complexity index is 2920. The second-order valence-electron chi connectivity index (χ2n) is 16.9. The van der Waals surface area contributed by atoms with Crippen molar-refractivity contribution in [3.05, 3.63) is 150 Å². The topological polar surface area (TPSA) is 30.4 Å². The SMILES string of the molecule is [2H]C1(c2ccc3c(nc4oc5c(C6([2H])CCCC6)cccc5n43)c2-c2cccc([Si](C)(c3ccccc3)c3cccc4c3Sc3ccccc3C4(C)C)c2)CCCC1. The molecule has 0 radical (unpaired) electrons. The van der Waals surface area contributed by atoms with Gasteiger partial charge in [-0.15, -0.1) is 0 Å². The summed E-state index contributed by atoms with van der Waals surface area (Å²) in [6.45, 7) is 7.29. The Morgan fingerprint density at radius 3 is 2.18 bits per heavy atom. The van der Waals surface area contributed by atoms with Gasteiger partial charge in [-0.25, -0.2) is 0 Å². The van der Waals surface area contributed by atoms with Crippen LogP contribution in [0.1, 0.15) is 102 Å². The van der Waals surface area contributed by atoms with Gasteiger partial charge in [0.15, 0.2) is 5.58 Å². The number of para-hydroxylation sites is 1. The summed E-state index contributed by atoms with van der Waals surface area (Å²) in [7, 11) is -2.65. The minimum absolute atomic E-state index is 0.128. The van der Waals surface area contributed by atoms with Crippen molar-refractivity contribution in [3.8, 4) is 11.1 Å². The van der Waals surface area contributed by atoms with E-state index in [4.69, 9.17) is 9.40 Å². The highest BCUT2D eigenvalue weighted by atomic mass is 32.2. The van der Waals surface area contributed by atoms with Crippen LogP contribution in [0.25, 0.3) is 39.1 Å². The van der Waals surface area contributed by atoms with Gasteiger partial charge in [0.2, 0.25) is 0 Å². The van der Waals surface area contributed by atoms with E-state index in [1.807, 2.05) is 11.8 Å². The van der Waals surface area contributed by atoms with Crippen molar-refractivity contribution in [2.45, 2.75) is 98.8 Å². The van der Waals surface area contributed by atoms with Crippen LogP contribution in [0.4, 0.5) is 0 Å². The van der Waals surface area contributed by atoms with Gasteiger partial charge >= 0.3 is 5.84 Å². The first-order valence-electron chi connectivity index (χ1n) is 21.6. The maximum atomic E-state index is 9.93. The molecular formula is C51H48N2OSSi. The van der Waals surface area contributed by atoms with Crippen molar-refractivity contribution in [1.82, 2.24) is 9.38 Å². The fourth-order valence-corrected chi connectivity index (χ4v) is 16.3. The van der Waals surface area contributed by atoms with Crippen LogP contribution in [0.5, 0.6) is 0 Å². The smallest absolute Gasteiger partial charge is 0.307 e. The summed E-state index contributed by atoms with van der Waals surface area (Å²) >= 11 is 1.94. The second-order valence-corrected chi connectivity index (χ2v) is 21.9. The normalized spacial score (nSPS) is 19.8. The van der Waals surface area contributed by atoms with Crippen LogP contribution in [0.3, 0.4) is 0 Å². The van der Waals surface area contributed by atoms with Gasteiger partial charge in [0.25, 0.3) is 0 Å². The van der Waals surface area contributed by atoms with Crippen LogP contribution < -0.4 is 15.6 Å². The molecule has 2 saturated carbocycles. The quantitative estimate of drug-likeness (QED) is 0.125. The van der Waals surface area contributed by atoms with Crippen LogP contribution in [0, 0.1) is 0 Å². The molecule has 1 aliphatic heterocycles. The maximum Gasteiger partial charge on any atom is 0.307 e. The average Bonchev–Trinajstić information content (AvgIpc) is 4.05. The molecule has 2 fully saturated rings. The third-order valence-corrected chi connectivity index (χ3v) is 19.3. The van der Waals surface area contributed by atoms with Crippen molar-refractivity contribution in [2.24, 2.45) is 0 Å². The highest BCUT2D eigenvalue weighted by molar-refractivity contribution is 7.99. The van der Waals surface area contributed by atoms with Crippen LogP contribution in [-0.2, 0) is 5.41 Å². The van der Waals surface area contributed by atoms with Gasteiger partial charge in [0.05, 0.1) is 11.0 Å². The summed E-state index contributed by atoms with van der Waals surface area (Å²) in [5.41, 5.74) is 10.5. The number of nitrogens with zero attached hydrogens (tertiary/aromatic N) is 2. The lowest BCUT2D eigenvalue weighted by Crippen LogP contribution is -2.65. The molecular weight excluding hydrogens is 717 g/mol. The van der Waals surface area contributed by atoms with E-state index in [0.717, 1.165) is 95.8 Å². The second kappa shape index (κ2) is 13.1. The number of rotatable bonds is 6.